The molecule has 3 rings (SSSR count). The summed E-state index contributed by atoms with van der Waals surface area (Å²) in [6, 6.07) is 16.9. The SMILES string of the molecule is C=C(C)C(=O)OCCOCCOCCn1c2ccccc2c2ccccc21. The van der Waals surface area contributed by atoms with E-state index in [2.05, 4.69) is 59.7 Å². The van der Waals surface area contributed by atoms with Crippen molar-refractivity contribution >= 4 is 27.8 Å². The Morgan fingerprint density at radius 3 is 1.96 bits per heavy atom. The maximum absolute atomic E-state index is 11.2. The number of nitrogens with zero attached hydrogens (tertiary/aromatic N) is 1. The van der Waals surface area contributed by atoms with E-state index in [1.54, 1.807) is 6.92 Å². The predicted octanol–water partition coefficient (Wildman–Crippen LogP) is 3.95. The van der Waals surface area contributed by atoms with Gasteiger partial charge in [0.15, 0.2) is 0 Å². The normalized spacial score (nSPS) is 11.1. The van der Waals surface area contributed by atoms with Gasteiger partial charge >= 0.3 is 5.97 Å². The fourth-order valence-corrected chi connectivity index (χ4v) is 3.04. The molecule has 0 aliphatic carbocycles. The molecule has 0 saturated carbocycles. The quantitative estimate of drug-likeness (QED) is 0.309. The Bertz CT molecular complexity index is 875. The van der Waals surface area contributed by atoms with Crippen LogP contribution in [0.25, 0.3) is 21.8 Å². The van der Waals surface area contributed by atoms with Gasteiger partial charge in [-0.2, -0.15) is 0 Å². The van der Waals surface area contributed by atoms with E-state index in [0.717, 1.165) is 6.54 Å². The fourth-order valence-electron chi connectivity index (χ4n) is 3.04. The minimum Gasteiger partial charge on any atom is -0.460 e. The summed E-state index contributed by atoms with van der Waals surface area (Å²) in [6.45, 7) is 8.10. The number of aromatic nitrogens is 1. The zero-order valence-electron chi connectivity index (χ0n) is 15.6. The highest BCUT2D eigenvalue weighted by atomic mass is 16.6. The van der Waals surface area contributed by atoms with Crippen LogP contribution in [0, 0.1) is 0 Å². The van der Waals surface area contributed by atoms with E-state index in [-0.39, 0.29) is 12.6 Å². The van der Waals surface area contributed by atoms with Crippen LogP contribution in [0.1, 0.15) is 6.92 Å². The molecule has 5 nitrogen and oxygen atoms in total. The van der Waals surface area contributed by atoms with Gasteiger partial charge < -0.3 is 18.8 Å². The van der Waals surface area contributed by atoms with Gasteiger partial charge in [0.2, 0.25) is 0 Å². The first-order valence-corrected chi connectivity index (χ1v) is 9.12. The minimum atomic E-state index is -0.388. The van der Waals surface area contributed by atoms with Crippen LogP contribution in [-0.4, -0.2) is 43.6 Å². The van der Waals surface area contributed by atoms with E-state index >= 15 is 0 Å². The number of fused-ring (bicyclic) bond motifs is 3. The van der Waals surface area contributed by atoms with E-state index < -0.39 is 0 Å². The van der Waals surface area contributed by atoms with Crippen molar-refractivity contribution in [2.24, 2.45) is 0 Å². The van der Waals surface area contributed by atoms with Crippen LogP contribution in [-0.2, 0) is 25.5 Å². The first-order chi connectivity index (χ1) is 13.2. The summed E-state index contributed by atoms with van der Waals surface area (Å²) in [7, 11) is 0. The fraction of sp³-hybridized carbons (Fsp3) is 0.318. The van der Waals surface area contributed by atoms with Crippen LogP contribution in [0.3, 0.4) is 0 Å². The van der Waals surface area contributed by atoms with E-state index in [0.29, 0.717) is 32.0 Å². The lowest BCUT2D eigenvalue weighted by atomic mass is 10.2. The van der Waals surface area contributed by atoms with Gasteiger partial charge in [0, 0.05) is 33.9 Å². The molecule has 142 valence electrons. The molecule has 1 heterocycles. The Morgan fingerprint density at radius 1 is 0.852 bits per heavy atom. The maximum atomic E-state index is 11.2. The summed E-state index contributed by atoms with van der Waals surface area (Å²) >= 11 is 0. The zero-order chi connectivity index (χ0) is 19.1. The molecule has 0 radical (unpaired) electrons. The third-order valence-corrected chi connectivity index (χ3v) is 4.32. The topological polar surface area (TPSA) is 49.7 Å². The van der Waals surface area contributed by atoms with Crippen molar-refractivity contribution < 1.29 is 19.0 Å². The van der Waals surface area contributed by atoms with Gasteiger partial charge in [-0.05, 0) is 19.1 Å². The molecule has 0 aliphatic heterocycles. The largest absolute Gasteiger partial charge is 0.460 e. The molecule has 0 bridgehead atoms. The lowest BCUT2D eigenvalue weighted by Crippen LogP contribution is -2.14. The molecule has 0 saturated heterocycles. The van der Waals surface area contributed by atoms with Crippen molar-refractivity contribution in [2.75, 3.05) is 33.0 Å². The molecule has 27 heavy (non-hydrogen) atoms. The Morgan fingerprint density at radius 2 is 1.37 bits per heavy atom. The number of carbonyl (C=O) groups is 1. The predicted molar refractivity (Wildman–Crippen MR) is 107 cm³/mol. The Labute approximate surface area is 159 Å². The number of ether oxygens (including phenoxy) is 3. The van der Waals surface area contributed by atoms with Crippen LogP contribution in [0.2, 0.25) is 0 Å². The summed E-state index contributed by atoms with van der Waals surface area (Å²) in [5, 5.41) is 2.53. The van der Waals surface area contributed by atoms with E-state index in [4.69, 9.17) is 14.2 Å². The molecule has 3 aromatic rings. The molecule has 5 heteroatoms. The van der Waals surface area contributed by atoms with Crippen molar-refractivity contribution in [3.63, 3.8) is 0 Å². The number of benzene rings is 2. The van der Waals surface area contributed by atoms with E-state index in [1.165, 1.54) is 21.8 Å². The number of carbonyl (C=O) groups excluding carboxylic acids is 1. The second-order valence-electron chi connectivity index (χ2n) is 6.33. The van der Waals surface area contributed by atoms with Gasteiger partial charge in [-0.15, -0.1) is 0 Å². The average Bonchev–Trinajstić information content (AvgIpc) is 3.00. The van der Waals surface area contributed by atoms with E-state index in [9.17, 15) is 4.79 Å². The van der Waals surface area contributed by atoms with Crippen molar-refractivity contribution in [1.29, 1.82) is 0 Å². The Kier molecular flexibility index (Phi) is 6.63. The first-order valence-electron chi connectivity index (χ1n) is 9.12. The molecular formula is C22H25NO4. The summed E-state index contributed by atoms with van der Waals surface area (Å²) in [6.07, 6.45) is 0. The molecule has 0 aliphatic rings. The third-order valence-electron chi connectivity index (χ3n) is 4.32. The minimum absolute atomic E-state index is 0.229. The highest BCUT2D eigenvalue weighted by molar-refractivity contribution is 6.07. The van der Waals surface area contributed by atoms with Crippen LogP contribution < -0.4 is 0 Å². The van der Waals surface area contributed by atoms with Gasteiger partial charge in [0.05, 0.1) is 26.4 Å². The number of hydrogen-bond donors (Lipinski definition) is 0. The number of hydrogen-bond acceptors (Lipinski definition) is 4. The van der Waals surface area contributed by atoms with Crippen molar-refractivity contribution in [3.05, 3.63) is 60.7 Å². The zero-order valence-corrected chi connectivity index (χ0v) is 15.6. The Hall–Kier alpha value is -2.63. The van der Waals surface area contributed by atoms with Crippen LogP contribution in [0.5, 0.6) is 0 Å². The lowest BCUT2D eigenvalue weighted by Gasteiger charge is -2.09. The molecule has 2 aromatic carbocycles. The maximum Gasteiger partial charge on any atom is 0.333 e. The van der Waals surface area contributed by atoms with Crippen molar-refractivity contribution in [3.8, 4) is 0 Å². The van der Waals surface area contributed by atoms with Gasteiger partial charge in [-0.1, -0.05) is 43.0 Å². The number of rotatable bonds is 10. The molecule has 1 aromatic heterocycles. The molecule has 0 spiro atoms. The molecule has 0 fully saturated rings. The standard InChI is InChI=1S/C22H25NO4/c1-17(2)22(24)27-16-15-26-14-13-25-12-11-23-20-9-5-3-7-18(20)19-8-4-6-10-21(19)23/h3-10H,1,11-16H2,2H3. The van der Waals surface area contributed by atoms with E-state index in [1.807, 2.05) is 0 Å². The molecule has 0 unspecified atom stereocenters. The highest BCUT2D eigenvalue weighted by Crippen LogP contribution is 2.28. The summed E-state index contributed by atoms with van der Waals surface area (Å²) < 4.78 is 18.4. The average molecular weight is 367 g/mol. The van der Waals surface area contributed by atoms with Gasteiger partial charge in [0.1, 0.15) is 6.61 Å². The molecular weight excluding hydrogens is 342 g/mol. The lowest BCUT2D eigenvalue weighted by molar-refractivity contribution is -0.140. The first kappa shape index (κ1) is 19.1. The molecule has 0 N–H and O–H groups in total. The van der Waals surface area contributed by atoms with Crippen LogP contribution in [0.4, 0.5) is 0 Å². The summed E-state index contributed by atoms with van der Waals surface area (Å²) in [5.74, 6) is -0.388. The van der Waals surface area contributed by atoms with Gasteiger partial charge in [0.25, 0.3) is 0 Å². The number of esters is 1. The number of para-hydroxylation sites is 2. The second kappa shape index (κ2) is 9.35. The highest BCUT2D eigenvalue weighted by Gasteiger charge is 2.09. The molecule has 0 atom stereocenters. The van der Waals surface area contributed by atoms with Crippen LogP contribution >= 0.6 is 0 Å². The van der Waals surface area contributed by atoms with Crippen molar-refractivity contribution in [1.82, 2.24) is 4.57 Å². The second-order valence-corrected chi connectivity index (χ2v) is 6.33. The van der Waals surface area contributed by atoms with Crippen LogP contribution in [0.15, 0.2) is 60.7 Å². The molecule has 0 amide bonds. The monoisotopic (exact) mass is 367 g/mol. The third kappa shape index (κ3) is 4.76. The Balaban J connectivity index is 1.42. The van der Waals surface area contributed by atoms with Gasteiger partial charge in [-0.25, -0.2) is 4.79 Å². The van der Waals surface area contributed by atoms with Gasteiger partial charge in [-0.3, -0.25) is 0 Å². The summed E-state index contributed by atoms with van der Waals surface area (Å²) in [4.78, 5) is 11.2. The smallest absolute Gasteiger partial charge is 0.333 e. The van der Waals surface area contributed by atoms with Crippen molar-refractivity contribution in [2.45, 2.75) is 13.5 Å². The summed E-state index contributed by atoms with van der Waals surface area (Å²) in [5.41, 5.74) is 2.83.